The second-order valence-corrected chi connectivity index (χ2v) is 4.83. The van der Waals surface area contributed by atoms with E-state index in [0.29, 0.717) is 12.1 Å². The maximum atomic E-state index is 5.56. The Morgan fingerprint density at radius 3 is 2.76 bits per heavy atom. The molecular weight excluding hydrogens is 212 g/mol. The van der Waals surface area contributed by atoms with Crippen molar-refractivity contribution in [3.8, 4) is 0 Å². The van der Waals surface area contributed by atoms with Gasteiger partial charge < -0.3 is 15.0 Å². The molecule has 1 fully saturated rings. The molecule has 1 aromatic carbocycles. The molecule has 0 amide bonds. The lowest BCUT2D eigenvalue weighted by atomic mass is 9.89. The van der Waals surface area contributed by atoms with Crippen molar-refractivity contribution in [2.45, 2.75) is 31.9 Å². The van der Waals surface area contributed by atoms with E-state index in [4.69, 9.17) is 4.74 Å². The molecule has 0 atom stereocenters. The number of nitrogens with zero attached hydrogens (tertiary/aromatic N) is 1. The van der Waals surface area contributed by atoms with Crippen molar-refractivity contribution in [2.24, 2.45) is 0 Å². The van der Waals surface area contributed by atoms with Crippen LogP contribution in [0.5, 0.6) is 0 Å². The van der Waals surface area contributed by atoms with Gasteiger partial charge in [0.05, 0.1) is 6.10 Å². The molecule has 0 spiro atoms. The fraction of sp³-hybridized carbons (Fsp3) is 0.571. The molecule has 0 heterocycles. The lowest BCUT2D eigenvalue weighted by Crippen LogP contribution is -2.40. The standard InChI is InChI=1S/C14H22N2O/c1-4-17-14-9-12(10-14)15-11-6-5-7-13(8-11)16(2)3/h5-8,12,14-15H,4,9-10H2,1-3H3. The number of rotatable bonds is 5. The molecule has 0 bridgehead atoms. The Hall–Kier alpha value is -1.22. The van der Waals surface area contributed by atoms with Crippen molar-refractivity contribution in [3.05, 3.63) is 24.3 Å². The summed E-state index contributed by atoms with van der Waals surface area (Å²) in [4.78, 5) is 2.12. The van der Waals surface area contributed by atoms with Gasteiger partial charge in [-0.05, 0) is 38.0 Å². The van der Waals surface area contributed by atoms with E-state index in [9.17, 15) is 0 Å². The molecule has 1 aromatic rings. The van der Waals surface area contributed by atoms with Crippen molar-refractivity contribution in [1.82, 2.24) is 0 Å². The number of anilines is 2. The Bertz CT molecular complexity index is 359. The van der Waals surface area contributed by atoms with Crippen molar-refractivity contribution in [2.75, 3.05) is 30.9 Å². The molecule has 94 valence electrons. The smallest absolute Gasteiger partial charge is 0.0614 e. The van der Waals surface area contributed by atoms with Gasteiger partial charge in [0.15, 0.2) is 0 Å². The first-order chi connectivity index (χ1) is 8.19. The summed E-state index contributed by atoms with van der Waals surface area (Å²) in [5.74, 6) is 0. The van der Waals surface area contributed by atoms with Crippen molar-refractivity contribution in [1.29, 1.82) is 0 Å². The van der Waals surface area contributed by atoms with E-state index in [-0.39, 0.29) is 0 Å². The second kappa shape index (κ2) is 5.41. The molecule has 1 aliphatic rings. The molecule has 3 heteroatoms. The third-order valence-electron chi connectivity index (χ3n) is 3.23. The van der Waals surface area contributed by atoms with E-state index in [2.05, 4.69) is 55.5 Å². The van der Waals surface area contributed by atoms with Gasteiger partial charge in [0, 0.05) is 38.1 Å². The van der Waals surface area contributed by atoms with Gasteiger partial charge in [-0.3, -0.25) is 0 Å². The molecule has 0 saturated heterocycles. The molecule has 0 radical (unpaired) electrons. The Morgan fingerprint density at radius 2 is 2.12 bits per heavy atom. The quantitative estimate of drug-likeness (QED) is 0.848. The predicted octanol–water partition coefficient (Wildman–Crippen LogP) is 2.73. The van der Waals surface area contributed by atoms with Gasteiger partial charge in [-0.15, -0.1) is 0 Å². The first-order valence-electron chi connectivity index (χ1n) is 6.34. The monoisotopic (exact) mass is 234 g/mol. The summed E-state index contributed by atoms with van der Waals surface area (Å²) in [5.41, 5.74) is 2.44. The van der Waals surface area contributed by atoms with Crippen molar-refractivity contribution in [3.63, 3.8) is 0 Å². The van der Waals surface area contributed by atoms with Gasteiger partial charge in [0.2, 0.25) is 0 Å². The molecule has 0 unspecified atom stereocenters. The summed E-state index contributed by atoms with van der Waals surface area (Å²) in [6, 6.07) is 9.10. The highest BCUT2D eigenvalue weighted by molar-refractivity contribution is 5.57. The maximum Gasteiger partial charge on any atom is 0.0614 e. The Balaban J connectivity index is 1.86. The van der Waals surface area contributed by atoms with Gasteiger partial charge in [0.25, 0.3) is 0 Å². The number of hydrogen-bond donors (Lipinski definition) is 1. The van der Waals surface area contributed by atoms with Crippen LogP contribution in [0, 0.1) is 0 Å². The summed E-state index contributed by atoms with van der Waals surface area (Å²) >= 11 is 0. The minimum Gasteiger partial charge on any atom is -0.382 e. The molecule has 3 nitrogen and oxygen atoms in total. The first kappa shape index (κ1) is 12.2. The number of hydrogen-bond acceptors (Lipinski definition) is 3. The minimum atomic E-state index is 0.467. The molecular formula is C14H22N2O. The van der Waals surface area contributed by atoms with E-state index in [1.54, 1.807) is 0 Å². The third-order valence-corrected chi connectivity index (χ3v) is 3.23. The zero-order valence-electron chi connectivity index (χ0n) is 10.9. The SMILES string of the molecule is CCOC1CC(Nc2cccc(N(C)C)c2)C1. The minimum absolute atomic E-state index is 0.467. The summed E-state index contributed by atoms with van der Waals surface area (Å²) in [7, 11) is 4.13. The lowest BCUT2D eigenvalue weighted by molar-refractivity contribution is 0.00299. The molecule has 17 heavy (non-hydrogen) atoms. The van der Waals surface area contributed by atoms with E-state index in [1.807, 2.05) is 0 Å². The highest BCUT2D eigenvalue weighted by atomic mass is 16.5. The first-order valence-corrected chi connectivity index (χ1v) is 6.34. The zero-order chi connectivity index (χ0) is 12.3. The largest absolute Gasteiger partial charge is 0.382 e. The predicted molar refractivity (Wildman–Crippen MR) is 72.8 cm³/mol. The summed E-state index contributed by atoms with van der Waals surface area (Å²) in [5, 5.41) is 3.56. The van der Waals surface area contributed by atoms with Crippen LogP contribution < -0.4 is 10.2 Å². The Morgan fingerprint density at radius 1 is 1.35 bits per heavy atom. The zero-order valence-corrected chi connectivity index (χ0v) is 10.9. The molecule has 0 aromatic heterocycles. The maximum absolute atomic E-state index is 5.56. The fourth-order valence-electron chi connectivity index (χ4n) is 2.16. The highest BCUT2D eigenvalue weighted by Crippen LogP contribution is 2.27. The van der Waals surface area contributed by atoms with Gasteiger partial charge in [-0.25, -0.2) is 0 Å². The molecule has 2 rings (SSSR count). The summed E-state index contributed by atoms with van der Waals surface area (Å²) in [6.45, 7) is 2.88. The van der Waals surface area contributed by atoms with Gasteiger partial charge in [-0.2, -0.15) is 0 Å². The molecule has 1 aliphatic carbocycles. The van der Waals surface area contributed by atoms with E-state index in [0.717, 1.165) is 19.4 Å². The molecule has 1 N–H and O–H groups in total. The normalized spacial score (nSPS) is 23.0. The van der Waals surface area contributed by atoms with Crippen molar-refractivity contribution < 1.29 is 4.74 Å². The van der Waals surface area contributed by atoms with Crippen LogP contribution in [-0.2, 0) is 4.74 Å². The topological polar surface area (TPSA) is 24.5 Å². The second-order valence-electron chi connectivity index (χ2n) is 4.83. The van der Waals surface area contributed by atoms with Crippen LogP contribution in [0.1, 0.15) is 19.8 Å². The van der Waals surface area contributed by atoms with E-state index >= 15 is 0 Å². The average molecular weight is 234 g/mol. The third kappa shape index (κ3) is 3.13. The van der Waals surface area contributed by atoms with Crippen LogP contribution in [0.25, 0.3) is 0 Å². The van der Waals surface area contributed by atoms with Crippen LogP contribution in [0.4, 0.5) is 11.4 Å². The fourth-order valence-corrected chi connectivity index (χ4v) is 2.16. The van der Waals surface area contributed by atoms with Gasteiger partial charge in [-0.1, -0.05) is 6.07 Å². The Kier molecular flexibility index (Phi) is 3.89. The van der Waals surface area contributed by atoms with Crippen LogP contribution in [-0.4, -0.2) is 32.8 Å². The molecule has 1 saturated carbocycles. The van der Waals surface area contributed by atoms with E-state index in [1.165, 1.54) is 11.4 Å². The number of ether oxygens (including phenoxy) is 1. The van der Waals surface area contributed by atoms with Crippen LogP contribution >= 0.6 is 0 Å². The van der Waals surface area contributed by atoms with Gasteiger partial charge >= 0.3 is 0 Å². The summed E-state index contributed by atoms with van der Waals surface area (Å²) in [6.07, 6.45) is 2.72. The highest BCUT2D eigenvalue weighted by Gasteiger charge is 2.29. The van der Waals surface area contributed by atoms with E-state index < -0.39 is 0 Å². The Labute approximate surface area is 104 Å². The van der Waals surface area contributed by atoms with Crippen molar-refractivity contribution >= 4 is 11.4 Å². The van der Waals surface area contributed by atoms with Crippen LogP contribution in [0.15, 0.2) is 24.3 Å². The lowest BCUT2D eigenvalue weighted by Gasteiger charge is -2.36. The number of benzene rings is 1. The van der Waals surface area contributed by atoms with Crippen LogP contribution in [0.2, 0.25) is 0 Å². The average Bonchev–Trinajstić information content (AvgIpc) is 2.27. The van der Waals surface area contributed by atoms with Crippen LogP contribution in [0.3, 0.4) is 0 Å². The summed E-state index contributed by atoms with van der Waals surface area (Å²) < 4.78 is 5.56. The molecule has 0 aliphatic heterocycles. The number of nitrogens with one attached hydrogen (secondary N) is 1. The van der Waals surface area contributed by atoms with Gasteiger partial charge in [0.1, 0.15) is 0 Å².